The smallest absolute Gasteiger partial charge is 0.255 e. The number of fused-ring (bicyclic) bond motifs is 1. The molecule has 0 aliphatic carbocycles. The summed E-state index contributed by atoms with van der Waals surface area (Å²) in [7, 11) is 0. The number of carbonyl (C=O) groups is 1. The number of amides is 1. The summed E-state index contributed by atoms with van der Waals surface area (Å²) < 4.78 is 1.04. The summed E-state index contributed by atoms with van der Waals surface area (Å²) in [6.45, 7) is 5.21. The van der Waals surface area contributed by atoms with Crippen LogP contribution in [0.15, 0.2) is 24.3 Å². The Morgan fingerprint density at radius 3 is 2.89 bits per heavy atom. The number of rotatable bonds is 1. The van der Waals surface area contributed by atoms with Crippen LogP contribution in [0.3, 0.4) is 0 Å². The molecule has 3 unspecified atom stereocenters. The number of nitrogens with zero attached hydrogens (tertiary/aromatic N) is 1. The van der Waals surface area contributed by atoms with Crippen molar-refractivity contribution in [2.75, 3.05) is 19.6 Å². The van der Waals surface area contributed by atoms with Crippen molar-refractivity contribution in [2.45, 2.75) is 13.0 Å². The topological polar surface area (TPSA) is 32.3 Å². The normalized spacial score (nSPS) is 30.6. The lowest BCUT2D eigenvalue weighted by Gasteiger charge is -2.25. The van der Waals surface area contributed by atoms with Crippen LogP contribution in [0.4, 0.5) is 0 Å². The second-order valence-electron chi connectivity index (χ2n) is 5.26. The van der Waals surface area contributed by atoms with Crippen molar-refractivity contribution in [3.63, 3.8) is 0 Å². The highest BCUT2D eigenvalue weighted by molar-refractivity contribution is 14.1. The summed E-state index contributed by atoms with van der Waals surface area (Å²) in [5.41, 5.74) is 0.845. The van der Waals surface area contributed by atoms with Crippen molar-refractivity contribution in [1.82, 2.24) is 10.2 Å². The maximum Gasteiger partial charge on any atom is 0.255 e. The van der Waals surface area contributed by atoms with Crippen molar-refractivity contribution in [3.05, 3.63) is 33.4 Å². The molecule has 1 aromatic carbocycles. The molecule has 3 atom stereocenters. The molecule has 2 fully saturated rings. The van der Waals surface area contributed by atoms with Gasteiger partial charge in [-0.3, -0.25) is 4.79 Å². The molecule has 18 heavy (non-hydrogen) atoms. The zero-order valence-corrected chi connectivity index (χ0v) is 12.6. The highest BCUT2D eigenvalue weighted by Gasteiger charge is 2.43. The second kappa shape index (κ2) is 4.81. The van der Waals surface area contributed by atoms with Gasteiger partial charge in [0.25, 0.3) is 5.91 Å². The first-order valence-electron chi connectivity index (χ1n) is 6.44. The van der Waals surface area contributed by atoms with Crippen LogP contribution in [-0.2, 0) is 0 Å². The maximum atomic E-state index is 12.6. The Balaban J connectivity index is 1.84. The first-order chi connectivity index (χ1) is 8.68. The summed E-state index contributed by atoms with van der Waals surface area (Å²) >= 11 is 2.24. The molecule has 1 amide bonds. The van der Waals surface area contributed by atoms with Crippen molar-refractivity contribution in [3.8, 4) is 0 Å². The Bertz CT molecular complexity index is 477. The van der Waals surface area contributed by atoms with Crippen LogP contribution in [-0.4, -0.2) is 36.5 Å². The lowest BCUT2D eigenvalue weighted by molar-refractivity contribution is 0.0727. The average molecular weight is 356 g/mol. The third kappa shape index (κ3) is 1.95. The highest BCUT2D eigenvalue weighted by Crippen LogP contribution is 2.33. The zero-order chi connectivity index (χ0) is 12.7. The van der Waals surface area contributed by atoms with Crippen molar-refractivity contribution >= 4 is 28.5 Å². The Labute approximate surface area is 121 Å². The van der Waals surface area contributed by atoms with Crippen LogP contribution in [0.25, 0.3) is 0 Å². The fourth-order valence-corrected chi connectivity index (χ4v) is 3.84. The van der Waals surface area contributed by atoms with E-state index in [9.17, 15) is 4.79 Å². The van der Waals surface area contributed by atoms with Gasteiger partial charge in [0, 0.05) is 29.2 Å². The Kier molecular flexibility index (Phi) is 3.32. The third-order valence-electron chi connectivity index (χ3n) is 4.30. The van der Waals surface area contributed by atoms with Gasteiger partial charge in [0.2, 0.25) is 0 Å². The molecular formula is C14H17IN2O. The lowest BCUT2D eigenvalue weighted by Crippen LogP contribution is -2.38. The summed E-state index contributed by atoms with van der Waals surface area (Å²) in [4.78, 5) is 14.7. The Hall–Kier alpha value is -0.620. The molecule has 1 N–H and O–H groups in total. The summed E-state index contributed by atoms with van der Waals surface area (Å²) in [6.07, 6.45) is 0. The van der Waals surface area contributed by atoms with Gasteiger partial charge >= 0.3 is 0 Å². The standard InChI is InChI=1S/C14H17IN2O/c1-9-12-7-16-6-10(12)8-17(9)14(18)11-4-2-3-5-13(11)15/h2-5,9-10,12,16H,6-8H2,1H3. The van der Waals surface area contributed by atoms with Gasteiger partial charge < -0.3 is 10.2 Å². The molecule has 0 spiro atoms. The van der Waals surface area contributed by atoms with Crippen molar-refractivity contribution in [2.24, 2.45) is 11.8 Å². The van der Waals surface area contributed by atoms with E-state index < -0.39 is 0 Å². The van der Waals surface area contributed by atoms with Gasteiger partial charge in [-0.25, -0.2) is 0 Å². The Morgan fingerprint density at radius 1 is 1.39 bits per heavy atom. The largest absolute Gasteiger partial charge is 0.335 e. The predicted octanol–water partition coefficient (Wildman–Crippen LogP) is 1.97. The van der Waals surface area contributed by atoms with Gasteiger partial charge in [-0.2, -0.15) is 0 Å². The second-order valence-corrected chi connectivity index (χ2v) is 6.42. The van der Waals surface area contributed by atoms with Crippen LogP contribution < -0.4 is 5.32 Å². The van der Waals surface area contributed by atoms with Gasteiger partial charge in [0.1, 0.15) is 0 Å². The van der Waals surface area contributed by atoms with Gasteiger partial charge in [-0.15, -0.1) is 0 Å². The molecule has 0 saturated carbocycles. The Morgan fingerprint density at radius 2 is 2.17 bits per heavy atom. The summed E-state index contributed by atoms with van der Waals surface area (Å²) in [5.74, 6) is 1.47. The molecule has 0 aromatic heterocycles. The van der Waals surface area contributed by atoms with E-state index in [4.69, 9.17) is 0 Å². The number of carbonyl (C=O) groups excluding carboxylic acids is 1. The van der Waals surface area contributed by atoms with E-state index in [0.29, 0.717) is 17.9 Å². The molecule has 96 valence electrons. The quantitative estimate of drug-likeness (QED) is 0.781. The number of hydrogen-bond donors (Lipinski definition) is 1. The number of nitrogens with one attached hydrogen (secondary N) is 1. The van der Waals surface area contributed by atoms with E-state index in [1.165, 1.54) is 0 Å². The van der Waals surface area contributed by atoms with E-state index in [2.05, 4.69) is 39.7 Å². The molecule has 0 radical (unpaired) electrons. The van der Waals surface area contributed by atoms with Gasteiger partial charge in [-0.1, -0.05) is 12.1 Å². The van der Waals surface area contributed by atoms with Crippen LogP contribution in [0.5, 0.6) is 0 Å². The monoisotopic (exact) mass is 356 g/mol. The van der Waals surface area contributed by atoms with E-state index in [-0.39, 0.29) is 5.91 Å². The third-order valence-corrected chi connectivity index (χ3v) is 5.24. The molecule has 1 aromatic rings. The molecule has 2 aliphatic heterocycles. The summed E-state index contributed by atoms with van der Waals surface area (Å²) in [5, 5.41) is 3.43. The van der Waals surface area contributed by atoms with Crippen LogP contribution >= 0.6 is 22.6 Å². The minimum atomic E-state index is 0.196. The predicted molar refractivity (Wildman–Crippen MR) is 79.5 cm³/mol. The molecule has 3 rings (SSSR count). The molecule has 4 heteroatoms. The molecule has 2 heterocycles. The molecular weight excluding hydrogens is 339 g/mol. The molecule has 0 bridgehead atoms. The number of likely N-dealkylation sites (tertiary alicyclic amines) is 1. The van der Waals surface area contributed by atoms with E-state index in [1.54, 1.807) is 0 Å². The van der Waals surface area contributed by atoms with Gasteiger partial charge in [0.05, 0.1) is 5.56 Å². The van der Waals surface area contributed by atoms with Crippen LogP contribution in [0.1, 0.15) is 17.3 Å². The van der Waals surface area contributed by atoms with E-state index in [1.807, 2.05) is 24.3 Å². The molecule has 2 saturated heterocycles. The minimum Gasteiger partial charge on any atom is -0.335 e. The highest BCUT2D eigenvalue weighted by atomic mass is 127. The first-order valence-corrected chi connectivity index (χ1v) is 7.52. The lowest BCUT2D eigenvalue weighted by atomic mass is 9.95. The average Bonchev–Trinajstić information content (AvgIpc) is 2.93. The number of halogens is 1. The first kappa shape index (κ1) is 12.4. The van der Waals surface area contributed by atoms with Crippen molar-refractivity contribution in [1.29, 1.82) is 0 Å². The fourth-order valence-electron chi connectivity index (χ4n) is 3.23. The van der Waals surface area contributed by atoms with Gasteiger partial charge in [-0.05, 0) is 53.5 Å². The zero-order valence-electron chi connectivity index (χ0n) is 10.4. The minimum absolute atomic E-state index is 0.196. The molecule has 3 nitrogen and oxygen atoms in total. The number of hydrogen-bond acceptors (Lipinski definition) is 2. The SMILES string of the molecule is CC1C2CNCC2CN1C(=O)c1ccccc1I. The van der Waals surface area contributed by atoms with Gasteiger partial charge in [0.15, 0.2) is 0 Å². The van der Waals surface area contributed by atoms with Crippen molar-refractivity contribution < 1.29 is 4.79 Å². The van der Waals surface area contributed by atoms with E-state index >= 15 is 0 Å². The molecule has 2 aliphatic rings. The number of benzene rings is 1. The fraction of sp³-hybridized carbons (Fsp3) is 0.500. The maximum absolute atomic E-state index is 12.6. The van der Waals surface area contributed by atoms with E-state index in [0.717, 1.165) is 28.8 Å². The van der Waals surface area contributed by atoms with Crippen LogP contribution in [0, 0.1) is 15.4 Å². The summed E-state index contributed by atoms with van der Waals surface area (Å²) in [6, 6.07) is 8.21. The van der Waals surface area contributed by atoms with Crippen LogP contribution in [0.2, 0.25) is 0 Å².